The Bertz CT molecular complexity index is 610. The first-order valence-electron chi connectivity index (χ1n) is 4.96. The molecule has 3 N–H and O–H groups in total. The fourth-order valence-corrected chi connectivity index (χ4v) is 1.80. The molecule has 0 spiro atoms. The number of benzene rings is 1. The van der Waals surface area contributed by atoms with Gasteiger partial charge in [0.15, 0.2) is 0 Å². The van der Waals surface area contributed by atoms with Crippen LogP contribution in [0.4, 0.5) is 11.6 Å². The second-order valence-electron chi connectivity index (χ2n) is 3.65. The molecule has 2 aromatic rings. The van der Waals surface area contributed by atoms with Crippen molar-refractivity contribution in [3.8, 4) is 0 Å². The number of hydrogen-bond acceptors (Lipinski definition) is 4. The van der Waals surface area contributed by atoms with Gasteiger partial charge in [0, 0.05) is 11.8 Å². The van der Waals surface area contributed by atoms with E-state index in [1.165, 1.54) is 12.1 Å². The van der Waals surface area contributed by atoms with E-state index in [0.29, 0.717) is 11.4 Å². The maximum absolute atomic E-state index is 12.0. The van der Waals surface area contributed by atoms with E-state index in [1.807, 2.05) is 0 Å². The Hall–Kier alpha value is -1.72. The van der Waals surface area contributed by atoms with Gasteiger partial charge in [-0.05, 0) is 19.1 Å². The van der Waals surface area contributed by atoms with E-state index in [2.05, 4.69) is 10.5 Å². The summed E-state index contributed by atoms with van der Waals surface area (Å²) in [6.07, 6.45) is 0. The molecule has 0 aliphatic carbocycles. The summed E-state index contributed by atoms with van der Waals surface area (Å²) in [7, 11) is 0. The van der Waals surface area contributed by atoms with Crippen LogP contribution in [0.25, 0.3) is 0 Å². The molecule has 0 saturated heterocycles. The maximum atomic E-state index is 12.0. The second kappa shape index (κ2) is 4.88. The largest absolute Gasteiger partial charge is 0.399 e. The molecule has 0 fully saturated rings. The SMILES string of the molecule is Cc1cc(NC(=O)c2cc(N)cc(Cl)c2Cl)on1. The van der Waals surface area contributed by atoms with Gasteiger partial charge in [-0.3, -0.25) is 10.1 Å². The fourth-order valence-electron chi connectivity index (χ4n) is 1.38. The molecule has 7 heteroatoms. The number of nitrogens with two attached hydrogens (primary N) is 1. The normalized spacial score (nSPS) is 10.4. The van der Waals surface area contributed by atoms with E-state index in [0.717, 1.165) is 0 Å². The molecule has 1 heterocycles. The van der Waals surface area contributed by atoms with Gasteiger partial charge in [-0.2, -0.15) is 0 Å². The van der Waals surface area contributed by atoms with Crippen molar-refractivity contribution in [2.45, 2.75) is 6.92 Å². The van der Waals surface area contributed by atoms with Crippen LogP contribution in [0.15, 0.2) is 22.7 Å². The third-order valence-corrected chi connectivity index (χ3v) is 2.96. The van der Waals surface area contributed by atoms with Gasteiger partial charge in [0.1, 0.15) is 0 Å². The topological polar surface area (TPSA) is 81.2 Å². The van der Waals surface area contributed by atoms with Gasteiger partial charge in [0.2, 0.25) is 5.88 Å². The van der Waals surface area contributed by atoms with Crippen molar-refractivity contribution in [2.75, 3.05) is 11.1 Å². The molecule has 0 aliphatic heterocycles. The van der Waals surface area contributed by atoms with Crippen molar-refractivity contribution in [2.24, 2.45) is 0 Å². The molecule has 0 aliphatic rings. The molecule has 0 unspecified atom stereocenters. The van der Waals surface area contributed by atoms with Crippen LogP contribution in [-0.4, -0.2) is 11.1 Å². The monoisotopic (exact) mass is 285 g/mol. The Labute approximate surface area is 113 Å². The lowest BCUT2D eigenvalue weighted by atomic mass is 10.2. The second-order valence-corrected chi connectivity index (χ2v) is 4.44. The molecule has 5 nitrogen and oxygen atoms in total. The van der Waals surface area contributed by atoms with Crippen molar-refractivity contribution in [1.82, 2.24) is 5.16 Å². The number of carbonyl (C=O) groups is 1. The van der Waals surface area contributed by atoms with Crippen molar-refractivity contribution in [3.05, 3.63) is 39.5 Å². The van der Waals surface area contributed by atoms with E-state index in [4.69, 9.17) is 33.5 Å². The summed E-state index contributed by atoms with van der Waals surface area (Å²) in [6.45, 7) is 1.74. The molecule has 0 atom stereocenters. The third-order valence-electron chi connectivity index (χ3n) is 2.16. The Kier molecular flexibility index (Phi) is 3.45. The number of aromatic nitrogens is 1. The highest BCUT2D eigenvalue weighted by Gasteiger charge is 2.15. The number of hydrogen-bond donors (Lipinski definition) is 2. The summed E-state index contributed by atoms with van der Waals surface area (Å²) < 4.78 is 4.87. The molecule has 1 aromatic carbocycles. The zero-order valence-electron chi connectivity index (χ0n) is 9.33. The first-order valence-corrected chi connectivity index (χ1v) is 5.72. The van der Waals surface area contributed by atoms with Gasteiger partial charge in [-0.25, -0.2) is 0 Å². The summed E-state index contributed by atoms with van der Waals surface area (Å²) in [5.41, 5.74) is 6.79. The fraction of sp³-hybridized carbons (Fsp3) is 0.0909. The Balaban J connectivity index is 2.29. The van der Waals surface area contributed by atoms with Crippen LogP contribution in [-0.2, 0) is 0 Å². The summed E-state index contributed by atoms with van der Waals surface area (Å²) in [5, 5.41) is 6.51. The zero-order chi connectivity index (χ0) is 13.3. The van der Waals surface area contributed by atoms with Crippen molar-refractivity contribution >= 4 is 40.7 Å². The summed E-state index contributed by atoms with van der Waals surface area (Å²) in [4.78, 5) is 12.0. The van der Waals surface area contributed by atoms with Crippen LogP contribution in [0.1, 0.15) is 16.1 Å². The molecule has 0 bridgehead atoms. The average molecular weight is 286 g/mol. The molecule has 18 heavy (non-hydrogen) atoms. The first kappa shape index (κ1) is 12.7. The van der Waals surface area contributed by atoms with Crippen LogP contribution >= 0.6 is 23.2 Å². The van der Waals surface area contributed by atoms with E-state index < -0.39 is 5.91 Å². The molecule has 0 radical (unpaired) electrons. The van der Waals surface area contributed by atoms with Crippen LogP contribution in [0.2, 0.25) is 10.0 Å². The van der Waals surface area contributed by atoms with Crippen molar-refractivity contribution in [1.29, 1.82) is 0 Å². The average Bonchev–Trinajstić information content (AvgIpc) is 2.69. The van der Waals surface area contributed by atoms with Gasteiger partial charge < -0.3 is 10.3 Å². The predicted molar refractivity (Wildman–Crippen MR) is 70.1 cm³/mol. The predicted octanol–water partition coefficient (Wildman–Crippen LogP) is 3.12. The third kappa shape index (κ3) is 2.57. The molecule has 94 valence electrons. The van der Waals surface area contributed by atoms with Crippen LogP contribution in [0.3, 0.4) is 0 Å². The van der Waals surface area contributed by atoms with Crippen molar-refractivity contribution < 1.29 is 9.32 Å². The number of nitrogens with zero attached hydrogens (tertiary/aromatic N) is 1. The van der Waals surface area contributed by atoms with Crippen LogP contribution in [0.5, 0.6) is 0 Å². The number of nitrogens with one attached hydrogen (secondary N) is 1. The van der Waals surface area contributed by atoms with E-state index in [9.17, 15) is 4.79 Å². The number of halogens is 2. The van der Waals surface area contributed by atoms with E-state index in [1.54, 1.807) is 13.0 Å². The van der Waals surface area contributed by atoms with Gasteiger partial charge in [0.05, 0.1) is 21.3 Å². The first-order chi connectivity index (χ1) is 8.47. The maximum Gasteiger partial charge on any atom is 0.259 e. The lowest BCUT2D eigenvalue weighted by Gasteiger charge is -2.06. The zero-order valence-corrected chi connectivity index (χ0v) is 10.8. The summed E-state index contributed by atoms with van der Waals surface area (Å²) >= 11 is 11.8. The number of amides is 1. The van der Waals surface area contributed by atoms with Crippen LogP contribution in [0, 0.1) is 6.92 Å². The van der Waals surface area contributed by atoms with Gasteiger partial charge in [-0.15, -0.1) is 0 Å². The molecule has 2 rings (SSSR count). The van der Waals surface area contributed by atoms with Gasteiger partial charge in [0.25, 0.3) is 5.91 Å². The minimum absolute atomic E-state index is 0.139. The summed E-state index contributed by atoms with van der Waals surface area (Å²) in [5.74, 6) is -0.238. The standard InChI is InChI=1S/C11H9Cl2N3O2/c1-5-2-9(18-16-5)15-11(17)7-3-6(14)4-8(12)10(7)13/h2-4H,14H2,1H3,(H,15,17). The highest BCUT2D eigenvalue weighted by molar-refractivity contribution is 6.44. The van der Waals surface area contributed by atoms with E-state index >= 15 is 0 Å². The molecular formula is C11H9Cl2N3O2. The smallest absolute Gasteiger partial charge is 0.259 e. The number of carbonyl (C=O) groups excluding carboxylic acids is 1. The van der Waals surface area contributed by atoms with Gasteiger partial charge in [-0.1, -0.05) is 28.4 Å². The van der Waals surface area contributed by atoms with Crippen LogP contribution < -0.4 is 11.1 Å². The highest BCUT2D eigenvalue weighted by atomic mass is 35.5. The Morgan fingerprint density at radius 2 is 2.11 bits per heavy atom. The number of anilines is 2. The van der Waals surface area contributed by atoms with Crippen molar-refractivity contribution in [3.63, 3.8) is 0 Å². The minimum Gasteiger partial charge on any atom is -0.399 e. The molecule has 1 aromatic heterocycles. The lowest BCUT2D eigenvalue weighted by molar-refractivity contribution is 0.102. The molecule has 0 saturated carbocycles. The number of aryl methyl sites for hydroxylation is 1. The molecular weight excluding hydrogens is 277 g/mol. The quantitative estimate of drug-likeness (QED) is 0.831. The van der Waals surface area contributed by atoms with E-state index in [-0.39, 0.29) is 21.5 Å². The lowest BCUT2D eigenvalue weighted by Crippen LogP contribution is -2.12. The minimum atomic E-state index is -0.467. The Morgan fingerprint density at radius 1 is 1.39 bits per heavy atom. The summed E-state index contributed by atoms with van der Waals surface area (Å²) in [6, 6.07) is 4.49. The number of nitrogen functional groups attached to an aromatic ring is 1. The molecule has 1 amide bonds. The Morgan fingerprint density at radius 3 is 2.72 bits per heavy atom. The number of rotatable bonds is 2. The highest BCUT2D eigenvalue weighted by Crippen LogP contribution is 2.29. The van der Waals surface area contributed by atoms with Gasteiger partial charge >= 0.3 is 0 Å².